The number of sulfone groups is 1. The van der Waals surface area contributed by atoms with Gasteiger partial charge in [0.1, 0.15) is 11.5 Å². The highest BCUT2D eigenvalue weighted by Crippen LogP contribution is 2.23. The van der Waals surface area contributed by atoms with Crippen molar-refractivity contribution in [2.24, 2.45) is 0 Å². The smallest absolute Gasteiger partial charge is 0.341 e. The zero-order chi connectivity index (χ0) is 20.0. The zero-order valence-electron chi connectivity index (χ0n) is 15.0. The maximum Gasteiger partial charge on any atom is 0.341 e. The molecule has 2 aromatic rings. The van der Waals surface area contributed by atoms with E-state index in [2.05, 4.69) is 11.8 Å². The van der Waals surface area contributed by atoms with Crippen molar-refractivity contribution in [2.45, 2.75) is 25.2 Å². The number of phenolic OH excluding ortho intramolecular Hbond substituents is 1. The van der Waals surface area contributed by atoms with Crippen LogP contribution in [0.2, 0.25) is 0 Å². The van der Waals surface area contributed by atoms with E-state index in [1.807, 2.05) is 6.92 Å². The number of benzene rings is 2. The van der Waals surface area contributed by atoms with E-state index in [9.17, 15) is 18.3 Å². The fraction of sp³-hybridized carbons (Fsp3) is 0.250. The minimum Gasteiger partial charge on any atom is -0.508 e. The summed E-state index contributed by atoms with van der Waals surface area (Å²) in [6.45, 7) is 3.07. The standard InChI is InChI=1S/C20H20O6S/c1-3-10-27(24,25)18-8-4-14(2)15(12-18)5-6-16-11-17(21)7-9-19(16)26-13-20(22)23/h4,7-9,11-12,21H,3,10,13H2,1-2H3,(H,22,23). The van der Waals surface area contributed by atoms with Gasteiger partial charge in [-0.25, -0.2) is 13.2 Å². The van der Waals surface area contributed by atoms with Crippen molar-refractivity contribution in [2.75, 3.05) is 12.4 Å². The first-order valence-electron chi connectivity index (χ1n) is 8.26. The Morgan fingerprint density at radius 2 is 1.81 bits per heavy atom. The van der Waals surface area contributed by atoms with Crippen molar-refractivity contribution < 1.29 is 28.2 Å². The predicted octanol–water partition coefficient (Wildman–Crippen LogP) is 2.75. The first-order valence-corrected chi connectivity index (χ1v) is 9.91. The summed E-state index contributed by atoms with van der Waals surface area (Å²) >= 11 is 0. The van der Waals surface area contributed by atoms with Crippen LogP contribution in [-0.2, 0) is 14.6 Å². The molecule has 2 N–H and O–H groups in total. The molecule has 0 heterocycles. The van der Waals surface area contributed by atoms with Crippen molar-refractivity contribution in [1.82, 2.24) is 0 Å². The van der Waals surface area contributed by atoms with Gasteiger partial charge in [0.15, 0.2) is 16.4 Å². The third-order valence-electron chi connectivity index (χ3n) is 3.69. The largest absolute Gasteiger partial charge is 0.508 e. The first-order chi connectivity index (χ1) is 12.7. The van der Waals surface area contributed by atoms with E-state index in [1.165, 1.54) is 24.3 Å². The fourth-order valence-electron chi connectivity index (χ4n) is 2.33. The molecule has 0 aliphatic rings. The maximum absolute atomic E-state index is 12.3. The lowest BCUT2D eigenvalue weighted by atomic mass is 10.1. The topological polar surface area (TPSA) is 101 Å². The van der Waals surface area contributed by atoms with Crippen LogP contribution >= 0.6 is 0 Å². The Balaban J connectivity index is 2.43. The van der Waals surface area contributed by atoms with Gasteiger partial charge in [-0.15, -0.1) is 0 Å². The molecule has 0 radical (unpaired) electrons. The summed E-state index contributed by atoms with van der Waals surface area (Å²) in [5.74, 6) is 4.81. The molecular formula is C20H20O6S. The first kappa shape index (κ1) is 20.3. The van der Waals surface area contributed by atoms with Gasteiger partial charge in [-0.05, 0) is 49.2 Å². The Bertz CT molecular complexity index is 1010. The molecule has 0 aromatic heterocycles. The van der Waals surface area contributed by atoms with E-state index in [-0.39, 0.29) is 22.1 Å². The maximum atomic E-state index is 12.3. The molecule has 0 atom stereocenters. The third-order valence-corrected chi connectivity index (χ3v) is 5.61. The number of phenols is 1. The summed E-state index contributed by atoms with van der Waals surface area (Å²) in [5.41, 5.74) is 1.63. The highest BCUT2D eigenvalue weighted by atomic mass is 32.2. The van der Waals surface area contributed by atoms with Crippen LogP contribution in [0.4, 0.5) is 0 Å². The average molecular weight is 388 g/mol. The number of rotatable bonds is 6. The van der Waals surface area contributed by atoms with E-state index in [0.717, 1.165) is 5.56 Å². The molecule has 0 amide bonds. The molecule has 0 unspecified atom stereocenters. The van der Waals surface area contributed by atoms with Crippen LogP contribution in [0.25, 0.3) is 0 Å². The molecule has 6 nitrogen and oxygen atoms in total. The number of carboxylic acid groups (broad SMARTS) is 1. The highest BCUT2D eigenvalue weighted by Gasteiger charge is 2.14. The molecule has 0 saturated heterocycles. The molecule has 27 heavy (non-hydrogen) atoms. The third kappa shape index (κ3) is 5.50. The molecular weight excluding hydrogens is 368 g/mol. The summed E-state index contributed by atoms with van der Waals surface area (Å²) in [5, 5.41) is 18.4. The molecule has 0 aliphatic carbocycles. The van der Waals surface area contributed by atoms with Crippen molar-refractivity contribution in [3.05, 3.63) is 53.1 Å². The molecule has 0 aliphatic heterocycles. The minimum atomic E-state index is -3.36. The second-order valence-electron chi connectivity index (χ2n) is 5.91. The number of aryl methyl sites for hydroxylation is 1. The van der Waals surface area contributed by atoms with Crippen LogP contribution in [0.5, 0.6) is 11.5 Å². The van der Waals surface area contributed by atoms with Gasteiger partial charge in [-0.2, -0.15) is 0 Å². The number of carboxylic acids is 1. The van der Waals surface area contributed by atoms with Gasteiger partial charge in [-0.1, -0.05) is 24.8 Å². The second kappa shape index (κ2) is 8.60. The van der Waals surface area contributed by atoms with Gasteiger partial charge in [0.05, 0.1) is 16.2 Å². The van der Waals surface area contributed by atoms with Crippen molar-refractivity contribution in [3.8, 4) is 23.3 Å². The van der Waals surface area contributed by atoms with E-state index < -0.39 is 22.4 Å². The molecule has 2 aromatic carbocycles. The van der Waals surface area contributed by atoms with Gasteiger partial charge >= 0.3 is 5.97 Å². The Kier molecular flexibility index (Phi) is 6.48. The summed E-state index contributed by atoms with van der Waals surface area (Å²) in [6, 6.07) is 8.92. The van der Waals surface area contributed by atoms with E-state index in [0.29, 0.717) is 17.5 Å². The average Bonchev–Trinajstić information content (AvgIpc) is 2.59. The summed E-state index contributed by atoms with van der Waals surface area (Å²) < 4.78 is 29.7. The summed E-state index contributed by atoms with van der Waals surface area (Å²) in [6.07, 6.45) is 0.519. The van der Waals surface area contributed by atoms with E-state index >= 15 is 0 Å². The molecule has 0 saturated carbocycles. The lowest BCUT2D eigenvalue weighted by Gasteiger charge is -2.07. The molecule has 2 rings (SSSR count). The van der Waals surface area contributed by atoms with Crippen LogP contribution < -0.4 is 4.74 Å². The van der Waals surface area contributed by atoms with Crippen molar-refractivity contribution >= 4 is 15.8 Å². The van der Waals surface area contributed by atoms with Crippen LogP contribution in [0.1, 0.15) is 30.0 Å². The number of carbonyl (C=O) groups is 1. The lowest BCUT2D eigenvalue weighted by molar-refractivity contribution is -0.139. The Labute approximate surface area is 158 Å². The Hall–Kier alpha value is -2.98. The van der Waals surface area contributed by atoms with Crippen molar-refractivity contribution in [3.63, 3.8) is 0 Å². The quantitative estimate of drug-likeness (QED) is 0.738. The van der Waals surface area contributed by atoms with Crippen molar-refractivity contribution in [1.29, 1.82) is 0 Å². The number of aliphatic carboxylic acids is 1. The summed E-state index contributed by atoms with van der Waals surface area (Å²) in [7, 11) is -3.36. The SMILES string of the molecule is CCCS(=O)(=O)c1ccc(C)c(C#Cc2cc(O)ccc2OCC(=O)O)c1. The minimum absolute atomic E-state index is 0.0435. The van der Waals surface area contributed by atoms with Crippen LogP contribution in [0.15, 0.2) is 41.3 Å². The number of ether oxygens (including phenoxy) is 1. The van der Waals surface area contributed by atoms with Crippen LogP contribution in [0.3, 0.4) is 0 Å². The molecule has 7 heteroatoms. The molecule has 142 valence electrons. The number of hydrogen-bond donors (Lipinski definition) is 2. The second-order valence-corrected chi connectivity index (χ2v) is 8.02. The lowest BCUT2D eigenvalue weighted by Crippen LogP contribution is -2.10. The highest BCUT2D eigenvalue weighted by molar-refractivity contribution is 7.91. The Morgan fingerprint density at radius 1 is 1.11 bits per heavy atom. The van der Waals surface area contributed by atoms with Crippen LogP contribution in [-0.4, -0.2) is 37.0 Å². The van der Waals surface area contributed by atoms with E-state index in [1.54, 1.807) is 19.1 Å². The Morgan fingerprint density at radius 3 is 2.48 bits per heavy atom. The molecule has 0 spiro atoms. The van der Waals surface area contributed by atoms with Gasteiger partial charge < -0.3 is 14.9 Å². The predicted molar refractivity (Wildman–Crippen MR) is 101 cm³/mol. The van der Waals surface area contributed by atoms with Gasteiger partial charge in [-0.3, -0.25) is 0 Å². The number of hydrogen-bond acceptors (Lipinski definition) is 5. The number of aromatic hydroxyl groups is 1. The fourth-order valence-corrected chi connectivity index (χ4v) is 3.68. The molecule has 0 bridgehead atoms. The molecule has 0 fully saturated rings. The van der Waals surface area contributed by atoms with E-state index in [4.69, 9.17) is 9.84 Å². The normalized spacial score (nSPS) is 10.7. The van der Waals surface area contributed by atoms with Gasteiger partial charge in [0.25, 0.3) is 0 Å². The van der Waals surface area contributed by atoms with Crippen LogP contribution in [0, 0.1) is 18.8 Å². The zero-order valence-corrected chi connectivity index (χ0v) is 15.8. The van der Waals surface area contributed by atoms with Gasteiger partial charge in [0, 0.05) is 5.56 Å². The monoisotopic (exact) mass is 388 g/mol. The summed E-state index contributed by atoms with van der Waals surface area (Å²) in [4.78, 5) is 10.9. The van der Waals surface area contributed by atoms with Gasteiger partial charge in [0.2, 0.25) is 0 Å².